The van der Waals surface area contributed by atoms with Crippen LogP contribution in [0.3, 0.4) is 0 Å². The van der Waals surface area contributed by atoms with Crippen molar-refractivity contribution in [3.8, 4) is 17.2 Å². The predicted octanol–water partition coefficient (Wildman–Crippen LogP) is 4.07. The van der Waals surface area contributed by atoms with Gasteiger partial charge in [0.2, 0.25) is 0 Å². The SMILES string of the molecule is CCCNc1c(OC)cc(COc2ccccc2OCCO)c(C(F)(F)F)c1N. The van der Waals surface area contributed by atoms with Crippen molar-refractivity contribution in [3.05, 3.63) is 41.5 Å². The molecule has 2 aromatic carbocycles. The number of ether oxygens (including phenoxy) is 3. The van der Waals surface area contributed by atoms with Crippen molar-refractivity contribution in [2.24, 2.45) is 0 Å². The highest BCUT2D eigenvalue weighted by Gasteiger charge is 2.38. The predicted molar refractivity (Wildman–Crippen MR) is 105 cm³/mol. The lowest BCUT2D eigenvalue weighted by Gasteiger charge is -2.22. The summed E-state index contributed by atoms with van der Waals surface area (Å²) in [5.41, 5.74) is 4.43. The Labute approximate surface area is 167 Å². The lowest BCUT2D eigenvalue weighted by atomic mass is 10.0. The standard InChI is InChI=1S/C20H25F3N2O4/c1-3-8-25-19-16(27-2)11-13(17(18(19)24)20(21,22)23)12-29-15-7-5-4-6-14(15)28-10-9-26/h4-7,11,25-26H,3,8-10,12,24H2,1-2H3. The van der Waals surface area contributed by atoms with Crippen LogP contribution in [0.5, 0.6) is 17.2 Å². The van der Waals surface area contributed by atoms with E-state index in [2.05, 4.69) is 5.32 Å². The fraction of sp³-hybridized carbons (Fsp3) is 0.400. The van der Waals surface area contributed by atoms with E-state index in [0.29, 0.717) is 18.7 Å². The van der Waals surface area contributed by atoms with Gasteiger partial charge in [0.25, 0.3) is 0 Å². The second kappa shape index (κ2) is 10.1. The molecule has 0 radical (unpaired) electrons. The molecule has 0 aliphatic carbocycles. The van der Waals surface area contributed by atoms with E-state index in [1.54, 1.807) is 24.3 Å². The number of hydrogen-bond donors (Lipinski definition) is 3. The molecule has 2 rings (SSSR count). The summed E-state index contributed by atoms with van der Waals surface area (Å²) in [4.78, 5) is 0. The van der Waals surface area contributed by atoms with Crippen LogP contribution in [0, 0.1) is 0 Å². The second-order valence-electron chi connectivity index (χ2n) is 6.13. The number of methoxy groups -OCH3 is 1. The third-order valence-corrected chi connectivity index (χ3v) is 4.05. The van der Waals surface area contributed by atoms with E-state index in [-0.39, 0.29) is 36.0 Å². The number of nitrogen functional groups attached to an aromatic ring is 1. The number of nitrogens with two attached hydrogens (primary N) is 1. The first-order chi connectivity index (χ1) is 13.8. The Morgan fingerprint density at radius 3 is 2.31 bits per heavy atom. The number of benzene rings is 2. The van der Waals surface area contributed by atoms with Crippen LogP contribution in [0.15, 0.2) is 30.3 Å². The van der Waals surface area contributed by atoms with Crippen molar-refractivity contribution >= 4 is 11.4 Å². The summed E-state index contributed by atoms with van der Waals surface area (Å²) in [6.45, 7) is 1.77. The van der Waals surface area contributed by atoms with E-state index in [1.165, 1.54) is 13.2 Å². The van der Waals surface area contributed by atoms with Gasteiger partial charge in [-0.15, -0.1) is 0 Å². The number of aliphatic hydroxyl groups excluding tert-OH is 1. The fourth-order valence-corrected chi connectivity index (χ4v) is 2.77. The van der Waals surface area contributed by atoms with Gasteiger partial charge in [-0.05, 0) is 24.6 Å². The molecule has 0 saturated heterocycles. The minimum atomic E-state index is -4.68. The van der Waals surface area contributed by atoms with E-state index in [1.807, 2.05) is 6.92 Å². The minimum absolute atomic E-state index is 0.0345. The first-order valence-corrected chi connectivity index (χ1v) is 9.09. The molecule has 0 unspecified atom stereocenters. The zero-order chi connectivity index (χ0) is 21.4. The molecule has 0 aromatic heterocycles. The maximum atomic E-state index is 13.8. The van der Waals surface area contributed by atoms with Gasteiger partial charge in [0.1, 0.15) is 24.7 Å². The van der Waals surface area contributed by atoms with Crippen LogP contribution in [-0.4, -0.2) is 32.0 Å². The second-order valence-corrected chi connectivity index (χ2v) is 6.13. The van der Waals surface area contributed by atoms with Gasteiger partial charge in [-0.3, -0.25) is 0 Å². The summed E-state index contributed by atoms with van der Waals surface area (Å²) in [6, 6.07) is 7.79. The topological polar surface area (TPSA) is 86.0 Å². The molecule has 9 heteroatoms. The molecule has 0 bridgehead atoms. The lowest BCUT2D eigenvalue weighted by molar-refractivity contribution is -0.137. The molecule has 0 aliphatic rings. The lowest BCUT2D eigenvalue weighted by Crippen LogP contribution is -2.17. The molecule has 160 valence electrons. The molecule has 6 nitrogen and oxygen atoms in total. The fourth-order valence-electron chi connectivity index (χ4n) is 2.77. The molecule has 0 fully saturated rings. The van der Waals surface area contributed by atoms with Crippen LogP contribution in [0.2, 0.25) is 0 Å². The van der Waals surface area contributed by atoms with Crippen LogP contribution < -0.4 is 25.3 Å². The third kappa shape index (κ3) is 5.60. The molecular weight excluding hydrogens is 389 g/mol. The van der Waals surface area contributed by atoms with Gasteiger partial charge in [-0.2, -0.15) is 13.2 Å². The number of rotatable bonds is 10. The molecular formula is C20H25F3N2O4. The average molecular weight is 414 g/mol. The summed E-state index contributed by atoms with van der Waals surface area (Å²) >= 11 is 0. The van der Waals surface area contributed by atoms with Crippen molar-refractivity contribution < 1.29 is 32.5 Å². The number of anilines is 2. The monoisotopic (exact) mass is 414 g/mol. The van der Waals surface area contributed by atoms with Crippen LogP contribution in [-0.2, 0) is 12.8 Å². The third-order valence-electron chi connectivity index (χ3n) is 4.05. The highest BCUT2D eigenvalue weighted by molar-refractivity contribution is 5.79. The van der Waals surface area contributed by atoms with Crippen LogP contribution >= 0.6 is 0 Å². The maximum absolute atomic E-state index is 13.8. The van der Waals surface area contributed by atoms with Crippen molar-refractivity contribution in [2.45, 2.75) is 26.1 Å². The summed E-state index contributed by atoms with van der Waals surface area (Å²) < 4.78 is 57.5. The highest BCUT2D eigenvalue weighted by atomic mass is 19.4. The van der Waals surface area contributed by atoms with Crippen LogP contribution in [0.1, 0.15) is 24.5 Å². The van der Waals surface area contributed by atoms with Crippen LogP contribution in [0.4, 0.5) is 24.5 Å². The van der Waals surface area contributed by atoms with Crippen molar-refractivity contribution in [3.63, 3.8) is 0 Å². The van der Waals surface area contributed by atoms with Crippen molar-refractivity contribution in [1.29, 1.82) is 0 Å². The van der Waals surface area contributed by atoms with Crippen LogP contribution in [0.25, 0.3) is 0 Å². The number of nitrogens with one attached hydrogen (secondary N) is 1. The summed E-state index contributed by atoms with van der Waals surface area (Å²) in [7, 11) is 1.36. The first-order valence-electron chi connectivity index (χ1n) is 9.09. The smallest absolute Gasteiger partial charge is 0.418 e. The van der Waals surface area contributed by atoms with Gasteiger partial charge in [-0.25, -0.2) is 0 Å². The van der Waals surface area contributed by atoms with Gasteiger partial charge in [-0.1, -0.05) is 19.1 Å². The maximum Gasteiger partial charge on any atom is 0.418 e. The Kier molecular flexibility index (Phi) is 7.83. The Hall–Kier alpha value is -2.81. The molecule has 0 atom stereocenters. The van der Waals surface area contributed by atoms with Gasteiger partial charge in [0.05, 0.1) is 25.0 Å². The Balaban J connectivity index is 2.41. The Bertz CT molecular complexity index is 813. The quantitative estimate of drug-likeness (QED) is 0.508. The largest absolute Gasteiger partial charge is 0.494 e. The molecule has 4 N–H and O–H groups in total. The number of aliphatic hydroxyl groups is 1. The highest BCUT2D eigenvalue weighted by Crippen LogP contribution is 2.44. The minimum Gasteiger partial charge on any atom is -0.494 e. The number of halogens is 3. The average Bonchev–Trinajstić information content (AvgIpc) is 2.69. The molecule has 0 spiro atoms. The molecule has 0 aliphatic heterocycles. The molecule has 29 heavy (non-hydrogen) atoms. The summed E-state index contributed by atoms with van der Waals surface area (Å²) in [6.07, 6.45) is -3.97. The van der Waals surface area contributed by atoms with Gasteiger partial charge >= 0.3 is 6.18 Å². The number of alkyl halides is 3. The van der Waals surface area contributed by atoms with E-state index < -0.39 is 24.0 Å². The molecule has 2 aromatic rings. The number of para-hydroxylation sites is 2. The number of hydrogen-bond acceptors (Lipinski definition) is 6. The summed E-state index contributed by atoms with van der Waals surface area (Å²) in [5.74, 6) is 0.767. The van der Waals surface area contributed by atoms with Crippen molar-refractivity contribution in [1.82, 2.24) is 0 Å². The first kappa shape index (κ1) is 22.5. The zero-order valence-electron chi connectivity index (χ0n) is 16.3. The van der Waals surface area contributed by atoms with E-state index in [0.717, 1.165) is 0 Å². The van der Waals surface area contributed by atoms with E-state index >= 15 is 0 Å². The van der Waals surface area contributed by atoms with Gasteiger partial charge in [0, 0.05) is 12.1 Å². The Morgan fingerprint density at radius 1 is 1.10 bits per heavy atom. The summed E-state index contributed by atoms with van der Waals surface area (Å²) in [5, 5.41) is 11.8. The van der Waals surface area contributed by atoms with E-state index in [9.17, 15) is 13.2 Å². The van der Waals surface area contributed by atoms with Gasteiger partial charge in [0.15, 0.2) is 11.5 Å². The molecule has 0 saturated carbocycles. The Morgan fingerprint density at radius 2 is 1.76 bits per heavy atom. The van der Waals surface area contributed by atoms with Gasteiger partial charge < -0.3 is 30.4 Å². The van der Waals surface area contributed by atoms with Crippen molar-refractivity contribution in [2.75, 3.05) is 37.9 Å². The molecule has 0 amide bonds. The molecule has 0 heterocycles. The zero-order valence-corrected chi connectivity index (χ0v) is 16.3. The normalized spacial score (nSPS) is 11.2. The van der Waals surface area contributed by atoms with E-state index in [4.69, 9.17) is 25.1 Å².